The topological polar surface area (TPSA) is 273 Å². The Hall–Kier alpha value is -7.84. The average molecular weight is 1180 g/mol. The number of aryl methyl sites for hydroxylation is 5. The standard InChI is InChI=1S/C68H70N8O9.K/c1-13-41-31(3)47-23-49-33(5)43(15-19-63(77)78)57(71-49)29-59-45(17-21-65(81)82)35(7)51(73-59)27-61-67(37(9)53(75-61)25-55(41)69-47)39(11)85-40(12)68-38(10)54-26-56-42(14-2)32(4)48(70-56)24-50-34(6)44(16-20-64(79)80)58(72-50)30-60-46(18-22-66(83)84)36(8)52(74-60)28-62(68)76-54;/h13-14,23-30,39-40,69-71,76H,1-2,15-22H2,3-12H3,(H,77,78)(H,79,80)(H,81,82)(H,83,84);/q;+1. The van der Waals surface area contributed by atoms with Crippen molar-refractivity contribution in [1.29, 1.82) is 0 Å². The molecule has 16 bridgehead atoms. The third kappa shape index (κ3) is 12.2. The first-order valence-electron chi connectivity index (χ1n) is 28.5. The van der Waals surface area contributed by atoms with Gasteiger partial charge in [0.1, 0.15) is 0 Å². The van der Waals surface area contributed by atoms with Crippen LogP contribution >= 0.6 is 0 Å². The zero-order chi connectivity index (χ0) is 61.0. The van der Waals surface area contributed by atoms with Gasteiger partial charge in [-0.3, -0.25) is 19.2 Å². The van der Waals surface area contributed by atoms with Crippen LogP contribution in [-0.4, -0.2) is 90.3 Å². The summed E-state index contributed by atoms with van der Waals surface area (Å²) in [5.41, 5.74) is 24.7. The molecule has 0 saturated carbocycles. The molecule has 0 spiro atoms. The molecule has 0 saturated heterocycles. The zero-order valence-corrected chi connectivity index (χ0v) is 53.7. The summed E-state index contributed by atoms with van der Waals surface area (Å²) in [6, 6.07) is 15.7. The Labute approximate surface area is 540 Å². The molecule has 2 unspecified atom stereocenters. The molecule has 6 aromatic heterocycles. The fourth-order valence-electron chi connectivity index (χ4n) is 12.5. The van der Waals surface area contributed by atoms with Gasteiger partial charge < -0.3 is 45.1 Å². The predicted octanol–water partition coefficient (Wildman–Crippen LogP) is 12.0. The number of aliphatic carboxylic acids is 4. The van der Waals surface area contributed by atoms with Gasteiger partial charge in [-0.05, 0) is 210 Å². The van der Waals surface area contributed by atoms with Crippen LogP contribution in [0.3, 0.4) is 0 Å². The Kier molecular flexibility index (Phi) is 18.4. The summed E-state index contributed by atoms with van der Waals surface area (Å²) in [6.45, 7) is 28.3. The van der Waals surface area contributed by atoms with Crippen molar-refractivity contribution in [2.75, 3.05) is 0 Å². The Morgan fingerprint density at radius 1 is 0.430 bits per heavy atom. The predicted molar refractivity (Wildman–Crippen MR) is 337 cm³/mol. The van der Waals surface area contributed by atoms with Gasteiger partial charge >= 0.3 is 75.3 Å². The van der Waals surface area contributed by atoms with Crippen molar-refractivity contribution >= 4 is 125 Å². The number of carbonyl (C=O) groups is 4. The summed E-state index contributed by atoms with van der Waals surface area (Å²) in [5.74, 6) is -3.76. The van der Waals surface area contributed by atoms with Crippen molar-refractivity contribution in [3.05, 3.63) is 152 Å². The van der Waals surface area contributed by atoms with Crippen LogP contribution < -0.4 is 51.4 Å². The molecule has 0 aromatic carbocycles. The number of allylic oxidation sites excluding steroid dienone is 7. The van der Waals surface area contributed by atoms with Crippen molar-refractivity contribution < 1.29 is 95.7 Å². The molecule has 0 aliphatic carbocycles. The number of rotatable bonds is 18. The minimum absolute atomic E-state index is 0. The van der Waals surface area contributed by atoms with Crippen molar-refractivity contribution in [3.63, 3.8) is 0 Å². The number of nitrogens with one attached hydrogen (secondary N) is 4. The fraction of sp³-hybridized carbons (Fsp3) is 0.294. The number of hydrogen-bond acceptors (Lipinski definition) is 9. The number of H-pyrrole nitrogens is 4. The molecule has 4 aliphatic rings. The largest absolute Gasteiger partial charge is 1.00 e. The van der Waals surface area contributed by atoms with Gasteiger partial charge in [-0.15, -0.1) is 0 Å². The molecule has 18 heteroatoms. The Morgan fingerprint density at radius 3 is 1.29 bits per heavy atom. The number of nitrogens with zero attached hydrogens (tertiary/aromatic N) is 4. The molecule has 8 N–H and O–H groups in total. The number of aromatic amines is 4. The Morgan fingerprint density at radius 2 is 0.779 bits per heavy atom. The van der Waals surface area contributed by atoms with Crippen LogP contribution in [0.25, 0.3) is 101 Å². The van der Waals surface area contributed by atoms with Crippen LogP contribution in [0, 0.1) is 27.7 Å². The van der Waals surface area contributed by atoms with Crippen LogP contribution in [0.1, 0.15) is 183 Å². The Balaban J connectivity index is 0.00000884. The SMILES string of the molecule is C=Cc1c(C)c2cc3[nH]c(cc4nc(cc5nc(cc1[nH]2)C(C)=C5C(C)OC(C)c1c(C)c2cc5[nH]c(cc6nc(cc7nc(cc1[nH]2)C(C)=C7CCC(=O)O)C(CCC(=O)O)=C6C)c(C)c5C=C)C(C)=C4CCC(=O)O)c(CCC(=O)O)c3C.[K+]. The molecule has 2 atom stereocenters. The molecule has 10 heterocycles. The maximum absolute atomic E-state index is 12.1. The van der Waals surface area contributed by atoms with Gasteiger partial charge in [0.15, 0.2) is 0 Å². The van der Waals surface area contributed by atoms with Gasteiger partial charge in [0.2, 0.25) is 0 Å². The first kappa shape index (κ1) is 62.7. The van der Waals surface area contributed by atoms with Crippen LogP contribution in [0.4, 0.5) is 0 Å². The molecule has 0 amide bonds. The average Bonchev–Trinajstić information content (AvgIpc) is 3.51. The zero-order valence-electron chi connectivity index (χ0n) is 50.6. The van der Waals surface area contributed by atoms with Crippen molar-refractivity contribution in [3.8, 4) is 0 Å². The first-order chi connectivity index (χ1) is 40.4. The number of aromatic nitrogens is 8. The summed E-state index contributed by atoms with van der Waals surface area (Å²) in [7, 11) is 0. The van der Waals surface area contributed by atoms with E-state index >= 15 is 0 Å². The number of hydrogen-bond donors (Lipinski definition) is 8. The maximum Gasteiger partial charge on any atom is 1.00 e. The maximum atomic E-state index is 12.1. The third-order valence-electron chi connectivity index (χ3n) is 17.3. The molecule has 0 fully saturated rings. The number of ether oxygens (including phenoxy) is 1. The molecular weight excluding hydrogens is 1110 g/mol. The van der Waals surface area contributed by atoms with E-state index in [-0.39, 0.29) is 103 Å². The quantitative estimate of drug-likeness (QED) is 0.0372. The van der Waals surface area contributed by atoms with Gasteiger partial charge in [0, 0.05) is 92.1 Å². The van der Waals surface area contributed by atoms with E-state index in [0.29, 0.717) is 51.1 Å². The molecule has 436 valence electrons. The smallest absolute Gasteiger partial charge is 0.481 e. The molecule has 4 aliphatic heterocycles. The summed E-state index contributed by atoms with van der Waals surface area (Å²) < 4.78 is 7.27. The van der Waals surface area contributed by atoms with E-state index in [2.05, 4.69) is 46.1 Å². The van der Waals surface area contributed by atoms with E-state index in [4.69, 9.17) is 24.7 Å². The van der Waals surface area contributed by atoms with Gasteiger partial charge in [0.25, 0.3) is 0 Å². The van der Waals surface area contributed by atoms with Gasteiger partial charge in [0.05, 0.1) is 57.8 Å². The first-order valence-corrected chi connectivity index (χ1v) is 28.5. The van der Waals surface area contributed by atoms with E-state index in [0.717, 1.165) is 128 Å². The number of carboxylic acids is 4. The minimum Gasteiger partial charge on any atom is -0.481 e. The van der Waals surface area contributed by atoms with Crippen LogP contribution in [-0.2, 0) is 30.3 Å². The monoisotopic (exact) mass is 1180 g/mol. The Bertz CT molecular complexity index is 4420. The molecule has 6 aromatic rings. The van der Waals surface area contributed by atoms with Crippen molar-refractivity contribution in [2.24, 2.45) is 0 Å². The van der Waals surface area contributed by atoms with Gasteiger partial charge in [-0.25, -0.2) is 19.9 Å². The second-order valence-electron chi connectivity index (χ2n) is 22.5. The summed E-state index contributed by atoms with van der Waals surface area (Å²) in [5, 5.41) is 39.5. The van der Waals surface area contributed by atoms with Crippen molar-refractivity contribution in [1.82, 2.24) is 39.9 Å². The summed E-state index contributed by atoms with van der Waals surface area (Å²) in [6.07, 6.45) is 2.92. The van der Waals surface area contributed by atoms with E-state index in [9.17, 15) is 39.6 Å². The van der Waals surface area contributed by atoms with E-state index in [1.54, 1.807) is 0 Å². The van der Waals surface area contributed by atoms with Crippen LogP contribution in [0.2, 0.25) is 0 Å². The van der Waals surface area contributed by atoms with E-state index in [1.807, 2.05) is 117 Å². The summed E-state index contributed by atoms with van der Waals surface area (Å²) in [4.78, 5) is 83.6. The fourth-order valence-corrected chi connectivity index (χ4v) is 12.5. The number of fused-ring (bicyclic) bond motifs is 16. The second kappa shape index (κ2) is 25.2. The molecule has 10 rings (SSSR count). The van der Waals surface area contributed by atoms with Crippen LogP contribution in [0.15, 0.2) is 61.7 Å². The van der Waals surface area contributed by atoms with Gasteiger partial charge in [-0.1, -0.05) is 25.3 Å². The molecular formula is C68H70KN8O9+. The van der Waals surface area contributed by atoms with E-state index < -0.39 is 36.1 Å². The normalized spacial score (nSPS) is 14.0. The summed E-state index contributed by atoms with van der Waals surface area (Å²) >= 11 is 0. The molecule has 17 nitrogen and oxygen atoms in total. The second-order valence-corrected chi connectivity index (χ2v) is 22.5. The number of carboxylic acid groups (broad SMARTS) is 4. The van der Waals surface area contributed by atoms with E-state index in [1.165, 1.54) is 0 Å². The van der Waals surface area contributed by atoms with Crippen LogP contribution in [0.5, 0.6) is 0 Å². The third-order valence-corrected chi connectivity index (χ3v) is 17.3. The molecule has 0 radical (unpaired) electrons. The van der Waals surface area contributed by atoms with Gasteiger partial charge in [-0.2, -0.15) is 0 Å². The van der Waals surface area contributed by atoms with Crippen molar-refractivity contribution in [2.45, 2.75) is 133 Å². The minimum atomic E-state index is -0.950. The molecule has 86 heavy (non-hydrogen) atoms.